The third kappa shape index (κ3) is 3.64. The summed E-state index contributed by atoms with van der Waals surface area (Å²) >= 11 is 5.17. The molecule has 1 atom stereocenters. The third-order valence-corrected chi connectivity index (χ3v) is 4.51. The van der Waals surface area contributed by atoms with Gasteiger partial charge in [-0.15, -0.1) is 11.3 Å². The first-order valence-corrected chi connectivity index (χ1v) is 8.23. The topological polar surface area (TPSA) is 42.7 Å². The molecular weight excluding hydrogens is 324 g/mol. The van der Waals surface area contributed by atoms with E-state index in [0.717, 1.165) is 23.5 Å². The van der Waals surface area contributed by atoms with Crippen LogP contribution in [0.3, 0.4) is 0 Å². The summed E-state index contributed by atoms with van der Waals surface area (Å²) in [5.74, 6) is 0.754. The lowest BCUT2D eigenvalue weighted by atomic mass is 10.3. The molecule has 2 heterocycles. The van der Waals surface area contributed by atoms with E-state index in [1.807, 2.05) is 17.1 Å². The Hall–Kier alpha value is -0.720. The van der Waals surface area contributed by atoms with Gasteiger partial charge in [0.25, 0.3) is 0 Å². The smallest absolute Gasteiger partial charge is 0.107 e. The summed E-state index contributed by atoms with van der Waals surface area (Å²) in [5, 5.41) is 11.2. The Labute approximate surface area is 125 Å². The summed E-state index contributed by atoms with van der Waals surface area (Å²) in [6.45, 7) is 3.89. The molecule has 3 rings (SSSR count). The van der Waals surface area contributed by atoms with Gasteiger partial charge in [0.15, 0.2) is 0 Å². The van der Waals surface area contributed by atoms with Gasteiger partial charge in [-0.2, -0.15) is 5.10 Å². The molecule has 102 valence electrons. The number of hydrogen-bond acceptors (Lipinski definition) is 4. The van der Waals surface area contributed by atoms with E-state index < -0.39 is 0 Å². The molecule has 6 heteroatoms. The minimum Gasteiger partial charge on any atom is -0.306 e. The van der Waals surface area contributed by atoms with Crippen LogP contribution in [0.5, 0.6) is 0 Å². The quantitative estimate of drug-likeness (QED) is 0.878. The van der Waals surface area contributed by atoms with Crippen molar-refractivity contribution >= 4 is 27.3 Å². The number of rotatable bonds is 6. The Kier molecular flexibility index (Phi) is 4.00. The Morgan fingerprint density at radius 1 is 1.58 bits per heavy atom. The minimum absolute atomic E-state index is 0.375. The van der Waals surface area contributed by atoms with Crippen molar-refractivity contribution in [1.82, 2.24) is 20.1 Å². The summed E-state index contributed by atoms with van der Waals surface area (Å²) in [5.41, 5.74) is 1.30. The second-order valence-corrected chi connectivity index (χ2v) is 6.96. The minimum atomic E-state index is 0.375. The van der Waals surface area contributed by atoms with Gasteiger partial charge in [-0.1, -0.05) is 0 Å². The van der Waals surface area contributed by atoms with Crippen molar-refractivity contribution < 1.29 is 0 Å². The van der Waals surface area contributed by atoms with Crippen LogP contribution in [0, 0.1) is 0 Å². The highest BCUT2D eigenvalue weighted by atomic mass is 79.9. The Bertz CT molecular complexity index is 546. The average molecular weight is 341 g/mol. The van der Waals surface area contributed by atoms with Crippen molar-refractivity contribution in [1.29, 1.82) is 0 Å². The first-order valence-electron chi connectivity index (χ1n) is 6.56. The van der Waals surface area contributed by atoms with Crippen LogP contribution in [0.2, 0.25) is 0 Å². The molecule has 0 aromatic carbocycles. The summed E-state index contributed by atoms with van der Waals surface area (Å²) in [4.78, 5) is 4.68. The molecule has 0 radical (unpaired) electrons. The number of nitrogens with zero attached hydrogens (tertiary/aromatic N) is 3. The van der Waals surface area contributed by atoms with E-state index >= 15 is 0 Å². The van der Waals surface area contributed by atoms with Crippen LogP contribution in [0.25, 0.3) is 0 Å². The molecule has 1 saturated carbocycles. The molecule has 0 bridgehead atoms. The maximum atomic E-state index is 4.68. The van der Waals surface area contributed by atoms with Crippen molar-refractivity contribution in [3.63, 3.8) is 0 Å². The van der Waals surface area contributed by atoms with Crippen molar-refractivity contribution in [3.05, 3.63) is 32.9 Å². The van der Waals surface area contributed by atoms with Crippen molar-refractivity contribution in [2.24, 2.45) is 0 Å². The number of hydrogen-bond donors (Lipinski definition) is 1. The van der Waals surface area contributed by atoms with Crippen LogP contribution < -0.4 is 5.32 Å². The zero-order chi connectivity index (χ0) is 13.2. The van der Waals surface area contributed by atoms with Crippen LogP contribution in [-0.4, -0.2) is 20.8 Å². The Morgan fingerprint density at radius 2 is 2.42 bits per heavy atom. The third-order valence-electron chi connectivity index (χ3n) is 3.23. The van der Waals surface area contributed by atoms with Crippen LogP contribution in [0.1, 0.15) is 36.4 Å². The van der Waals surface area contributed by atoms with Crippen molar-refractivity contribution in [3.8, 4) is 0 Å². The van der Waals surface area contributed by atoms with Gasteiger partial charge in [0, 0.05) is 30.1 Å². The van der Waals surface area contributed by atoms with E-state index in [1.165, 1.54) is 23.5 Å². The zero-order valence-electron chi connectivity index (χ0n) is 10.8. The van der Waals surface area contributed by atoms with Crippen LogP contribution in [-0.2, 0) is 13.1 Å². The molecule has 0 spiro atoms. The Morgan fingerprint density at radius 3 is 3.11 bits per heavy atom. The molecule has 1 aliphatic carbocycles. The molecule has 0 unspecified atom stereocenters. The molecule has 1 N–H and O–H groups in total. The van der Waals surface area contributed by atoms with Gasteiger partial charge in [-0.05, 0) is 35.7 Å². The maximum Gasteiger partial charge on any atom is 0.107 e. The van der Waals surface area contributed by atoms with Gasteiger partial charge in [0.2, 0.25) is 0 Å². The lowest BCUT2D eigenvalue weighted by Crippen LogP contribution is -2.30. The van der Waals surface area contributed by atoms with E-state index in [1.54, 1.807) is 11.3 Å². The van der Waals surface area contributed by atoms with Crippen LogP contribution >= 0.6 is 27.3 Å². The van der Waals surface area contributed by atoms with E-state index in [0.29, 0.717) is 6.04 Å². The lowest BCUT2D eigenvalue weighted by Gasteiger charge is -2.12. The number of halogens is 1. The van der Waals surface area contributed by atoms with E-state index in [4.69, 9.17) is 0 Å². The molecule has 2 aromatic rings. The maximum absolute atomic E-state index is 4.68. The zero-order valence-corrected chi connectivity index (χ0v) is 13.2. The molecule has 4 nitrogen and oxygen atoms in total. The predicted octanol–water partition coefficient (Wildman–Crippen LogP) is 3.16. The normalized spacial score (nSPS) is 16.7. The Balaban J connectivity index is 1.47. The fourth-order valence-electron chi connectivity index (χ4n) is 2.02. The molecule has 1 fully saturated rings. The molecular formula is C13H17BrN4S. The molecule has 0 aliphatic heterocycles. The van der Waals surface area contributed by atoms with Crippen LogP contribution in [0.15, 0.2) is 22.2 Å². The summed E-state index contributed by atoms with van der Waals surface area (Å²) in [7, 11) is 0. The largest absolute Gasteiger partial charge is 0.306 e. The predicted molar refractivity (Wildman–Crippen MR) is 80.3 cm³/mol. The van der Waals surface area contributed by atoms with Gasteiger partial charge in [-0.25, -0.2) is 4.98 Å². The van der Waals surface area contributed by atoms with Gasteiger partial charge >= 0.3 is 0 Å². The highest BCUT2D eigenvalue weighted by Gasteiger charge is 2.25. The molecule has 1 aliphatic rings. The van der Waals surface area contributed by atoms with Gasteiger partial charge in [0.05, 0.1) is 22.9 Å². The monoisotopic (exact) mass is 340 g/mol. The fourth-order valence-corrected chi connectivity index (χ4v) is 3.17. The van der Waals surface area contributed by atoms with E-state index in [9.17, 15) is 0 Å². The second-order valence-electron chi connectivity index (χ2n) is 5.10. The molecule has 0 amide bonds. The van der Waals surface area contributed by atoms with Crippen molar-refractivity contribution in [2.75, 3.05) is 0 Å². The SMILES string of the molecule is C[C@H](Cn1cc(Br)cn1)NCc1nc(C2CC2)cs1. The number of aromatic nitrogens is 3. The first-order chi connectivity index (χ1) is 9.20. The lowest BCUT2D eigenvalue weighted by molar-refractivity contribution is 0.450. The van der Waals surface area contributed by atoms with Gasteiger partial charge in [-0.3, -0.25) is 4.68 Å². The highest BCUT2D eigenvalue weighted by molar-refractivity contribution is 9.10. The summed E-state index contributed by atoms with van der Waals surface area (Å²) in [6, 6.07) is 0.375. The van der Waals surface area contributed by atoms with Gasteiger partial charge < -0.3 is 5.32 Å². The standard InChI is InChI=1S/C13H17BrN4S/c1-9(6-18-7-11(14)4-16-18)15-5-13-17-12(8-19-13)10-2-3-10/h4,7-10,15H,2-3,5-6H2,1H3/t9-/m1/s1. The van der Waals surface area contributed by atoms with E-state index in [-0.39, 0.29) is 0 Å². The van der Waals surface area contributed by atoms with Crippen molar-refractivity contribution in [2.45, 2.75) is 44.8 Å². The molecule has 2 aromatic heterocycles. The van der Waals surface area contributed by atoms with Crippen LogP contribution in [0.4, 0.5) is 0 Å². The number of thiazole rings is 1. The highest BCUT2D eigenvalue weighted by Crippen LogP contribution is 2.40. The first kappa shape index (κ1) is 13.3. The molecule has 0 saturated heterocycles. The summed E-state index contributed by atoms with van der Waals surface area (Å²) < 4.78 is 2.97. The average Bonchev–Trinajstić information content (AvgIpc) is 2.99. The second kappa shape index (κ2) is 5.73. The summed E-state index contributed by atoms with van der Waals surface area (Å²) in [6.07, 6.45) is 6.45. The molecule has 19 heavy (non-hydrogen) atoms. The van der Waals surface area contributed by atoms with E-state index in [2.05, 4.69) is 43.6 Å². The number of nitrogens with one attached hydrogen (secondary N) is 1. The van der Waals surface area contributed by atoms with Gasteiger partial charge in [0.1, 0.15) is 5.01 Å². The fraction of sp³-hybridized carbons (Fsp3) is 0.538.